The molecule has 0 aliphatic carbocycles. The number of piperazine rings is 1. The first-order valence-corrected chi connectivity index (χ1v) is 11.7. The topological polar surface area (TPSA) is 71.7 Å². The molecule has 2 N–H and O–H groups in total. The summed E-state index contributed by atoms with van der Waals surface area (Å²) in [5.74, 6) is -0.970. The van der Waals surface area contributed by atoms with Crippen LogP contribution in [0.25, 0.3) is 11.1 Å². The Morgan fingerprint density at radius 1 is 1.06 bits per heavy atom. The Labute approximate surface area is 200 Å². The lowest BCUT2D eigenvalue weighted by molar-refractivity contribution is 0.0997. The molecule has 1 aliphatic rings. The fraction of sp³-hybridized carbons (Fsp3) is 0.333. The summed E-state index contributed by atoms with van der Waals surface area (Å²) in [6.07, 6.45) is 2.02. The van der Waals surface area contributed by atoms with Crippen LogP contribution >= 0.6 is 0 Å². The lowest BCUT2D eigenvalue weighted by Crippen LogP contribution is -2.49. The number of rotatable bonds is 8. The number of hydrogen-bond acceptors (Lipinski definition) is 5. The van der Waals surface area contributed by atoms with E-state index in [1.165, 1.54) is 5.56 Å². The predicted molar refractivity (Wildman–Crippen MR) is 132 cm³/mol. The van der Waals surface area contributed by atoms with Crippen molar-refractivity contribution in [3.63, 3.8) is 0 Å². The van der Waals surface area contributed by atoms with Crippen molar-refractivity contribution in [1.82, 2.24) is 14.8 Å². The molecule has 1 aromatic heterocycles. The molecular formula is C27H31FN4O2. The standard InChI is InChI=1S/C27H31FN4O2/c1-19(2)32-14-12-31(13-15-32)11-10-20-6-8-21(9-7-20)22-4-3-5-24(16-22)34-27-25(26(29)33)17-23(28)18-30-27/h3-9,16-19H,10-15H2,1-2H3,(H2,29,33). The summed E-state index contributed by atoms with van der Waals surface area (Å²) in [6.45, 7) is 10.1. The maximum absolute atomic E-state index is 13.4. The molecule has 0 radical (unpaired) electrons. The summed E-state index contributed by atoms with van der Waals surface area (Å²) in [5.41, 5.74) is 8.57. The number of halogens is 1. The first-order chi connectivity index (χ1) is 16.4. The van der Waals surface area contributed by atoms with Crippen LogP contribution in [0.3, 0.4) is 0 Å². The van der Waals surface area contributed by atoms with Gasteiger partial charge in [-0.2, -0.15) is 0 Å². The zero-order valence-electron chi connectivity index (χ0n) is 19.7. The number of nitrogens with two attached hydrogens (primary N) is 1. The molecule has 7 heteroatoms. The maximum Gasteiger partial charge on any atom is 0.254 e. The van der Waals surface area contributed by atoms with Crippen LogP contribution in [0, 0.1) is 5.82 Å². The van der Waals surface area contributed by atoms with Gasteiger partial charge in [0.25, 0.3) is 5.91 Å². The number of primary amides is 1. The molecule has 1 fully saturated rings. The van der Waals surface area contributed by atoms with Crippen LogP contribution in [0.2, 0.25) is 0 Å². The molecule has 2 heterocycles. The fourth-order valence-electron chi connectivity index (χ4n) is 4.19. The Morgan fingerprint density at radius 3 is 2.47 bits per heavy atom. The molecule has 0 spiro atoms. The van der Waals surface area contributed by atoms with E-state index in [0.717, 1.165) is 62.5 Å². The Morgan fingerprint density at radius 2 is 1.79 bits per heavy atom. The fourth-order valence-corrected chi connectivity index (χ4v) is 4.19. The molecule has 2 aromatic carbocycles. The molecule has 0 saturated carbocycles. The second-order valence-corrected chi connectivity index (χ2v) is 8.92. The molecule has 0 bridgehead atoms. The molecule has 1 saturated heterocycles. The van der Waals surface area contributed by atoms with Crippen molar-refractivity contribution in [3.05, 3.63) is 77.7 Å². The second kappa shape index (κ2) is 10.8. The van der Waals surface area contributed by atoms with Crippen LogP contribution in [-0.2, 0) is 6.42 Å². The highest BCUT2D eigenvalue weighted by molar-refractivity contribution is 5.95. The van der Waals surface area contributed by atoms with Crippen LogP contribution in [-0.4, -0.2) is 59.5 Å². The Bertz CT molecular complexity index is 1130. The zero-order valence-corrected chi connectivity index (χ0v) is 19.7. The van der Waals surface area contributed by atoms with E-state index in [4.69, 9.17) is 10.5 Å². The lowest BCUT2D eigenvalue weighted by atomic mass is 10.0. The zero-order chi connectivity index (χ0) is 24.1. The highest BCUT2D eigenvalue weighted by Gasteiger charge is 2.18. The van der Waals surface area contributed by atoms with Gasteiger partial charge in [-0.3, -0.25) is 9.69 Å². The summed E-state index contributed by atoms with van der Waals surface area (Å²) >= 11 is 0. The number of aromatic nitrogens is 1. The summed E-state index contributed by atoms with van der Waals surface area (Å²) < 4.78 is 19.2. The van der Waals surface area contributed by atoms with Gasteiger partial charge in [0, 0.05) is 38.8 Å². The number of carbonyl (C=O) groups excluding carboxylic acids is 1. The molecule has 178 valence electrons. The minimum absolute atomic E-state index is 0.0179. The molecule has 34 heavy (non-hydrogen) atoms. The van der Waals surface area contributed by atoms with Crippen LogP contribution in [0.1, 0.15) is 29.8 Å². The third-order valence-electron chi connectivity index (χ3n) is 6.27. The van der Waals surface area contributed by atoms with Gasteiger partial charge in [-0.25, -0.2) is 9.37 Å². The molecule has 0 atom stereocenters. The van der Waals surface area contributed by atoms with Crippen molar-refractivity contribution in [3.8, 4) is 22.8 Å². The van der Waals surface area contributed by atoms with Crippen molar-refractivity contribution in [2.45, 2.75) is 26.3 Å². The number of amides is 1. The molecular weight excluding hydrogens is 431 g/mol. The van der Waals surface area contributed by atoms with Gasteiger partial charge in [0.05, 0.1) is 6.20 Å². The lowest BCUT2D eigenvalue weighted by Gasteiger charge is -2.36. The number of nitrogens with zero attached hydrogens (tertiary/aromatic N) is 3. The van der Waals surface area contributed by atoms with Gasteiger partial charge in [0.2, 0.25) is 5.88 Å². The van der Waals surface area contributed by atoms with E-state index in [9.17, 15) is 9.18 Å². The van der Waals surface area contributed by atoms with Crippen molar-refractivity contribution in [2.75, 3.05) is 32.7 Å². The first-order valence-electron chi connectivity index (χ1n) is 11.7. The quantitative estimate of drug-likeness (QED) is 0.539. The van der Waals surface area contributed by atoms with Crippen molar-refractivity contribution >= 4 is 5.91 Å². The van der Waals surface area contributed by atoms with E-state index in [-0.39, 0.29) is 11.4 Å². The molecule has 4 rings (SSSR count). The van der Waals surface area contributed by atoms with Crippen LogP contribution in [0.5, 0.6) is 11.6 Å². The number of hydrogen-bond donors (Lipinski definition) is 1. The number of benzene rings is 2. The molecule has 1 aliphatic heterocycles. The van der Waals surface area contributed by atoms with E-state index in [2.05, 4.69) is 52.9 Å². The van der Waals surface area contributed by atoms with Crippen molar-refractivity contribution in [1.29, 1.82) is 0 Å². The van der Waals surface area contributed by atoms with Crippen LogP contribution < -0.4 is 10.5 Å². The van der Waals surface area contributed by atoms with Gasteiger partial charge in [0.1, 0.15) is 17.1 Å². The second-order valence-electron chi connectivity index (χ2n) is 8.92. The maximum atomic E-state index is 13.4. The summed E-state index contributed by atoms with van der Waals surface area (Å²) in [7, 11) is 0. The number of pyridine rings is 1. The average molecular weight is 463 g/mol. The smallest absolute Gasteiger partial charge is 0.254 e. The van der Waals surface area contributed by atoms with Crippen molar-refractivity contribution < 1.29 is 13.9 Å². The third-order valence-corrected chi connectivity index (χ3v) is 6.27. The summed E-state index contributed by atoms with van der Waals surface area (Å²) in [4.78, 5) is 20.6. The first kappa shape index (κ1) is 23.9. The van der Waals surface area contributed by atoms with E-state index in [1.807, 2.05) is 18.2 Å². The third kappa shape index (κ3) is 5.98. The van der Waals surface area contributed by atoms with E-state index >= 15 is 0 Å². The van der Waals surface area contributed by atoms with E-state index in [1.54, 1.807) is 6.07 Å². The van der Waals surface area contributed by atoms with Crippen LogP contribution in [0.4, 0.5) is 4.39 Å². The Balaban J connectivity index is 1.38. The van der Waals surface area contributed by atoms with Crippen molar-refractivity contribution in [2.24, 2.45) is 5.73 Å². The average Bonchev–Trinajstić information content (AvgIpc) is 2.84. The van der Waals surface area contributed by atoms with E-state index in [0.29, 0.717) is 11.8 Å². The molecule has 1 amide bonds. The SMILES string of the molecule is CC(C)N1CCN(CCc2ccc(-c3cccc(Oc4ncc(F)cc4C(N)=O)c3)cc2)CC1. The highest BCUT2D eigenvalue weighted by atomic mass is 19.1. The van der Waals surface area contributed by atoms with E-state index < -0.39 is 11.7 Å². The monoisotopic (exact) mass is 462 g/mol. The van der Waals surface area contributed by atoms with Gasteiger partial charge in [-0.05, 0) is 55.2 Å². The Hall–Kier alpha value is -3.29. The number of ether oxygens (including phenoxy) is 1. The summed E-state index contributed by atoms with van der Waals surface area (Å²) in [6, 6.07) is 17.7. The predicted octanol–water partition coefficient (Wildman–Crippen LogP) is 4.35. The van der Waals surface area contributed by atoms with Gasteiger partial charge < -0.3 is 15.4 Å². The highest BCUT2D eigenvalue weighted by Crippen LogP contribution is 2.28. The normalized spacial score (nSPS) is 14.9. The Kier molecular flexibility index (Phi) is 7.55. The number of carbonyl (C=O) groups is 1. The van der Waals surface area contributed by atoms with Gasteiger partial charge in [-0.15, -0.1) is 0 Å². The minimum atomic E-state index is -0.796. The molecule has 3 aromatic rings. The summed E-state index contributed by atoms with van der Waals surface area (Å²) in [5, 5.41) is 0. The largest absolute Gasteiger partial charge is 0.438 e. The van der Waals surface area contributed by atoms with Gasteiger partial charge >= 0.3 is 0 Å². The molecule has 6 nitrogen and oxygen atoms in total. The molecule has 0 unspecified atom stereocenters. The van der Waals surface area contributed by atoms with Gasteiger partial charge in [0.15, 0.2) is 0 Å². The minimum Gasteiger partial charge on any atom is -0.438 e. The van der Waals surface area contributed by atoms with Crippen LogP contribution in [0.15, 0.2) is 60.8 Å². The van der Waals surface area contributed by atoms with Gasteiger partial charge in [-0.1, -0.05) is 36.4 Å².